The maximum atomic E-state index is 12.5. The molecule has 1 saturated heterocycles. The number of halogens is 2. The van der Waals surface area contributed by atoms with Crippen LogP contribution >= 0.6 is 0 Å². The van der Waals surface area contributed by atoms with Crippen LogP contribution in [0.1, 0.15) is 34.9 Å². The van der Waals surface area contributed by atoms with Crippen LogP contribution in [0.15, 0.2) is 24.4 Å². The molecule has 7 nitrogen and oxygen atoms in total. The molecular formula is C16H19F2N5O2. The summed E-state index contributed by atoms with van der Waals surface area (Å²) in [4.78, 5) is 12.4. The Morgan fingerprint density at radius 2 is 2.16 bits per heavy atom. The first-order valence-corrected chi connectivity index (χ1v) is 8.03. The lowest BCUT2D eigenvalue weighted by Gasteiger charge is -2.22. The highest BCUT2D eigenvalue weighted by Crippen LogP contribution is 2.29. The van der Waals surface area contributed by atoms with Crippen molar-refractivity contribution in [2.75, 3.05) is 18.4 Å². The Morgan fingerprint density at radius 3 is 2.88 bits per heavy atom. The highest BCUT2D eigenvalue weighted by molar-refractivity contribution is 6.03. The van der Waals surface area contributed by atoms with Gasteiger partial charge < -0.3 is 15.4 Å². The number of hydrogen-bond acceptors (Lipinski definition) is 5. The molecule has 2 heterocycles. The summed E-state index contributed by atoms with van der Waals surface area (Å²) in [7, 11) is 0. The van der Waals surface area contributed by atoms with Crippen LogP contribution in [-0.2, 0) is 0 Å². The van der Waals surface area contributed by atoms with E-state index in [0.29, 0.717) is 5.56 Å². The SMILES string of the molecule is Cc1cccc(OC(F)F)c1NC(=O)c1cn(C2CCNCC2)nn1. The zero-order chi connectivity index (χ0) is 17.8. The van der Waals surface area contributed by atoms with Crippen LogP contribution in [0.3, 0.4) is 0 Å². The summed E-state index contributed by atoms with van der Waals surface area (Å²) in [5.41, 5.74) is 0.936. The number of para-hydroxylation sites is 1. The molecule has 1 fully saturated rings. The van der Waals surface area contributed by atoms with Crippen molar-refractivity contribution in [1.82, 2.24) is 20.3 Å². The molecule has 0 saturated carbocycles. The Hall–Kier alpha value is -2.55. The van der Waals surface area contributed by atoms with E-state index in [-0.39, 0.29) is 23.2 Å². The second-order valence-corrected chi connectivity index (χ2v) is 5.85. The minimum atomic E-state index is -2.97. The minimum Gasteiger partial charge on any atom is -0.433 e. The molecule has 0 aliphatic carbocycles. The van der Waals surface area contributed by atoms with Crippen LogP contribution in [-0.4, -0.2) is 40.6 Å². The molecule has 1 aromatic heterocycles. The van der Waals surface area contributed by atoms with Gasteiger partial charge in [-0.05, 0) is 44.5 Å². The Bertz CT molecular complexity index is 744. The highest BCUT2D eigenvalue weighted by atomic mass is 19.3. The molecule has 0 bridgehead atoms. The van der Waals surface area contributed by atoms with Gasteiger partial charge in [-0.1, -0.05) is 17.3 Å². The number of nitrogens with one attached hydrogen (secondary N) is 2. The van der Waals surface area contributed by atoms with E-state index in [4.69, 9.17) is 0 Å². The number of anilines is 1. The van der Waals surface area contributed by atoms with Crippen molar-refractivity contribution in [2.24, 2.45) is 0 Å². The molecule has 1 aromatic carbocycles. The maximum absolute atomic E-state index is 12.5. The highest BCUT2D eigenvalue weighted by Gasteiger charge is 2.20. The van der Waals surface area contributed by atoms with Crippen LogP contribution in [0, 0.1) is 6.92 Å². The molecule has 2 N–H and O–H groups in total. The topological polar surface area (TPSA) is 81.1 Å². The molecule has 9 heteroatoms. The third-order valence-electron chi connectivity index (χ3n) is 4.11. The molecule has 1 amide bonds. The largest absolute Gasteiger partial charge is 0.433 e. The number of aryl methyl sites for hydroxylation is 1. The van der Waals surface area contributed by atoms with Gasteiger partial charge in [0.2, 0.25) is 0 Å². The zero-order valence-electron chi connectivity index (χ0n) is 13.7. The van der Waals surface area contributed by atoms with Crippen LogP contribution < -0.4 is 15.4 Å². The molecule has 1 aliphatic heterocycles. The molecule has 0 atom stereocenters. The van der Waals surface area contributed by atoms with Gasteiger partial charge in [0, 0.05) is 0 Å². The van der Waals surface area contributed by atoms with E-state index in [2.05, 4.69) is 25.7 Å². The van der Waals surface area contributed by atoms with Crippen molar-refractivity contribution < 1.29 is 18.3 Å². The molecule has 2 aromatic rings. The molecule has 0 spiro atoms. The van der Waals surface area contributed by atoms with E-state index in [1.807, 2.05) is 0 Å². The van der Waals surface area contributed by atoms with Gasteiger partial charge in [-0.2, -0.15) is 8.78 Å². The van der Waals surface area contributed by atoms with Crippen molar-refractivity contribution >= 4 is 11.6 Å². The van der Waals surface area contributed by atoms with Gasteiger partial charge in [-0.15, -0.1) is 5.10 Å². The Labute approximate surface area is 143 Å². The van der Waals surface area contributed by atoms with E-state index >= 15 is 0 Å². The Morgan fingerprint density at radius 1 is 1.40 bits per heavy atom. The number of aromatic nitrogens is 3. The summed E-state index contributed by atoms with van der Waals surface area (Å²) in [5.74, 6) is -0.609. The molecule has 3 rings (SSSR count). The number of carbonyl (C=O) groups is 1. The monoisotopic (exact) mass is 351 g/mol. The molecule has 1 aliphatic rings. The average molecular weight is 351 g/mol. The Kier molecular flexibility index (Phi) is 5.22. The van der Waals surface area contributed by atoms with Gasteiger partial charge in [0.25, 0.3) is 5.91 Å². The second-order valence-electron chi connectivity index (χ2n) is 5.85. The number of nitrogens with zero attached hydrogens (tertiary/aromatic N) is 3. The quantitative estimate of drug-likeness (QED) is 0.864. The third-order valence-corrected chi connectivity index (χ3v) is 4.11. The fourth-order valence-corrected chi connectivity index (χ4v) is 2.80. The molecule has 0 radical (unpaired) electrons. The lowest BCUT2D eigenvalue weighted by molar-refractivity contribution is -0.0493. The van der Waals surface area contributed by atoms with Gasteiger partial charge in [0.05, 0.1) is 17.9 Å². The zero-order valence-corrected chi connectivity index (χ0v) is 13.7. The van der Waals surface area contributed by atoms with Gasteiger partial charge in [0.15, 0.2) is 5.69 Å². The van der Waals surface area contributed by atoms with Crippen molar-refractivity contribution in [3.05, 3.63) is 35.7 Å². The smallest absolute Gasteiger partial charge is 0.387 e. The number of carbonyl (C=O) groups excluding carboxylic acids is 1. The fraction of sp³-hybridized carbons (Fsp3) is 0.438. The normalized spacial score (nSPS) is 15.4. The number of alkyl halides is 2. The van der Waals surface area contributed by atoms with Gasteiger partial charge >= 0.3 is 6.61 Å². The standard InChI is InChI=1S/C16H19F2N5O2/c1-10-3-2-4-13(25-16(17)18)14(10)20-15(24)12-9-23(22-21-12)11-5-7-19-8-6-11/h2-4,9,11,16,19H,5-8H2,1H3,(H,20,24). The summed E-state index contributed by atoms with van der Waals surface area (Å²) < 4.78 is 31.2. The van der Waals surface area contributed by atoms with Gasteiger partial charge in [-0.3, -0.25) is 4.79 Å². The summed E-state index contributed by atoms with van der Waals surface area (Å²) in [6.45, 7) is 0.505. The van der Waals surface area contributed by atoms with Crippen LogP contribution in [0.4, 0.5) is 14.5 Å². The third kappa shape index (κ3) is 4.11. The lowest BCUT2D eigenvalue weighted by Crippen LogP contribution is -2.29. The van der Waals surface area contributed by atoms with E-state index in [1.54, 1.807) is 29.9 Å². The summed E-state index contributed by atoms with van der Waals surface area (Å²) in [6.07, 6.45) is 3.40. The summed E-state index contributed by atoms with van der Waals surface area (Å²) in [5, 5.41) is 13.8. The number of rotatable bonds is 5. The average Bonchev–Trinajstić information content (AvgIpc) is 3.08. The van der Waals surface area contributed by atoms with E-state index in [1.165, 1.54) is 6.07 Å². The van der Waals surface area contributed by atoms with E-state index in [9.17, 15) is 13.6 Å². The predicted molar refractivity (Wildman–Crippen MR) is 86.9 cm³/mol. The van der Waals surface area contributed by atoms with Crippen molar-refractivity contribution in [2.45, 2.75) is 32.4 Å². The number of ether oxygens (including phenoxy) is 1. The first kappa shape index (κ1) is 17.3. The molecule has 0 unspecified atom stereocenters. The van der Waals surface area contributed by atoms with Gasteiger partial charge in [-0.25, -0.2) is 4.68 Å². The van der Waals surface area contributed by atoms with Gasteiger partial charge in [0.1, 0.15) is 5.75 Å². The van der Waals surface area contributed by atoms with Crippen LogP contribution in [0.25, 0.3) is 0 Å². The van der Waals surface area contributed by atoms with E-state index in [0.717, 1.165) is 25.9 Å². The van der Waals surface area contributed by atoms with Crippen molar-refractivity contribution in [1.29, 1.82) is 0 Å². The first-order chi connectivity index (χ1) is 12.0. The predicted octanol–water partition coefficient (Wildman–Crippen LogP) is 2.36. The molecule has 134 valence electrons. The molecular weight excluding hydrogens is 332 g/mol. The fourth-order valence-electron chi connectivity index (χ4n) is 2.80. The number of amides is 1. The van der Waals surface area contributed by atoms with Crippen LogP contribution in [0.2, 0.25) is 0 Å². The number of hydrogen-bond donors (Lipinski definition) is 2. The Balaban J connectivity index is 1.75. The molecule has 25 heavy (non-hydrogen) atoms. The summed E-state index contributed by atoms with van der Waals surface area (Å²) >= 11 is 0. The number of piperidine rings is 1. The summed E-state index contributed by atoms with van der Waals surface area (Å²) in [6, 6.07) is 4.85. The van der Waals surface area contributed by atoms with Crippen molar-refractivity contribution in [3.8, 4) is 5.75 Å². The first-order valence-electron chi connectivity index (χ1n) is 8.03. The van der Waals surface area contributed by atoms with Crippen LogP contribution in [0.5, 0.6) is 5.75 Å². The number of benzene rings is 1. The lowest BCUT2D eigenvalue weighted by atomic mass is 10.1. The van der Waals surface area contributed by atoms with E-state index < -0.39 is 12.5 Å². The minimum absolute atomic E-state index is 0.0888. The second kappa shape index (κ2) is 7.56. The van der Waals surface area contributed by atoms with Crippen molar-refractivity contribution in [3.63, 3.8) is 0 Å². The maximum Gasteiger partial charge on any atom is 0.387 e.